The van der Waals surface area contributed by atoms with Gasteiger partial charge < -0.3 is 15.2 Å². The Morgan fingerprint density at radius 3 is 2.84 bits per heavy atom. The standard InChI is InChI=1S/C15H24N2O2/c1-11-4-5-15(19-3)13(8-11)14(16)10-17-7-6-12(9-17)18-2/h4-5,8,12,14H,6-7,9-10,16H2,1-3H3. The van der Waals surface area contributed by atoms with Crippen LogP contribution in [0.15, 0.2) is 18.2 Å². The molecule has 0 radical (unpaired) electrons. The van der Waals surface area contributed by atoms with Gasteiger partial charge in [-0.25, -0.2) is 0 Å². The second-order valence-electron chi connectivity index (χ2n) is 5.26. The van der Waals surface area contributed by atoms with Crippen LogP contribution in [0.1, 0.15) is 23.6 Å². The highest BCUT2D eigenvalue weighted by molar-refractivity contribution is 5.39. The molecule has 0 bridgehead atoms. The zero-order valence-corrected chi connectivity index (χ0v) is 12.1. The third-order valence-electron chi connectivity index (χ3n) is 3.80. The molecule has 2 atom stereocenters. The number of methoxy groups -OCH3 is 2. The van der Waals surface area contributed by atoms with Crippen LogP contribution in [0.25, 0.3) is 0 Å². The van der Waals surface area contributed by atoms with Crippen molar-refractivity contribution in [1.82, 2.24) is 4.90 Å². The van der Waals surface area contributed by atoms with E-state index in [1.165, 1.54) is 5.56 Å². The Hall–Kier alpha value is -1.10. The van der Waals surface area contributed by atoms with Crippen molar-refractivity contribution in [3.63, 3.8) is 0 Å². The quantitative estimate of drug-likeness (QED) is 0.880. The Kier molecular flexibility index (Phi) is 4.80. The number of nitrogens with zero attached hydrogens (tertiary/aromatic N) is 1. The largest absolute Gasteiger partial charge is 0.496 e. The van der Waals surface area contributed by atoms with E-state index in [1.54, 1.807) is 14.2 Å². The van der Waals surface area contributed by atoms with Crippen LogP contribution in [-0.4, -0.2) is 44.9 Å². The monoisotopic (exact) mass is 264 g/mol. The van der Waals surface area contributed by atoms with E-state index in [4.69, 9.17) is 15.2 Å². The summed E-state index contributed by atoms with van der Waals surface area (Å²) in [4.78, 5) is 2.36. The van der Waals surface area contributed by atoms with Crippen LogP contribution in [-0.2, 0) is 4.74 Å². The van der Waals surface area contributed by atoms with Crippen LogP contribution in [0.5, 0.6) is 5.75 Å². The van der Waals surface area contributed by atoms with Crippen molar-refractivity contribution in [3.8, 4) is 5.75 Å². The third kappa shape index (κ3) is 3.47. The van der Waals surface area contributed by atoms with Gasteiger partial charge in [0.2, 0.25) is 0 Å². The highest BCUT2D eigenvalue weighted by atomic mass is 16.5. The van der Waals surface area contributed by atoms with Crippen LogP contribution >= 0.6 is 0 Å². The van der Waals surface area contributed by atoms with Crippen LogP contribution in [0.4, 0.5) is 0 Å². The first-order chi connectivity index (χ1) is 9.13. The van der Waals surface area contributed by atoms with Crippen molar-refractivity contribution < 1.29 is 9.47 Å². The predicted molar refractivity (Wildman–Crippen MR) is 76.5 cm³/mol. The molecule has 1 aromatic carbocycles. The van der Waals surface area contributed by atoms with E-state index >= 15 is 0 Å². The molecule has 0 aliphatic carbocycles. The molecule has 1 aliphatic rings. The van der Waals surface area contributed by atoms with Gasteiger partial charge in [-0.1, -0.05) is 17.7 Å². The Bertz CT molecular complexity index is 423. The zero-order chi connectivity index (χ0) is 13.8. The molecule has 1 fully saturated rings. The molecule has 4 heteroatoms. The molecule has 1 saturated heterocycles. The number of benzene rings is 1. The van der Waals surface area contributed by atoms with Crippen molar-refractivity contribution in [3.05, 3.63) is 29.3 Å². The van der Waals surface area contributed by atoms with Gasteiger partial charge in [-0.15, -0.1) is 0 Å². The van der Waals surface area contributed by atoms with E-state index < -0.39 is 0 Å². The summed E-state index contributed by atoms with van der Waals surface area (Å²) >= 11 is 0. The maximum Gasteiger partial charge on any atom is 0.123 e. The maximum atomic E-state index is 6.34. The average molecular weight is 264 g/mol. The van der Waals surface area contributed by atoms with Crippen molar-refractivity contribution in [2.24, 2.45) is 5.73 Å². The second kappa shape index (κ2) is 6.37. The second-order valence-corrected chi connectivity index (χ2v) is 5.26. The molecule has 0 amide bonds. The van der Waals surface area contributed by atoms with Gasteiger partial charge in [0, 0.05) is 38.3 Å². The molecule has 106 valence electrons. The minimum Gasteiger partial charge on any atom is -0.496 e. The van der Waals surface area contributed by atoms with Crippen LogP contribution in [0, 0.1) is 6.92 Å². The summed E-state index contributed by atoms with van der Waals surface area (Å²) < 4.78 is 10.8. The number of nitrogens with two attached hydrogens (primary N) is 1. The first-order valence-corrected chi connectivity index (χ1v) is 6.79. The van der Waals surface area contributed by atoms with Gasteiger partial charge in [0.15, 0.2) is 0 Å². The van der Waals surface area contributed by atoms with Gasteiger partial charge in [0.05, 0.1) is 13.2 Å². The minimum atomic E-state index is -0.0227. The summed E-state index contributed by atoms with van der Waals surface area (Å²) in [7, 11) is 3.47. The summed E-state index contributed by atoms with van der Waals surface area (Å²) in [5, 5.41) is 0. The molecule has 2 unspecified atom stereocenters. The van der Waals surface area contributed by atoms with E-state index in [1.807, 2.05) is 12.1 Å². The summed E-state index contributed by atoms with van der Waals surface area (Å²) in [6.45, 7) is 4.95. The lowest BCUT2D eigenvalue weighted by Gasteiger charge is -2.22. The third-order valence-corrected chi connectivity index (χ3v) is 3.80. The summed E-state index contributed by atoms with van der Waals surface area (Å²) in [6.07, 6.45) is 1.44. The van der Waals surface area contributed by atoms with Crippen LogP contribution < -0.4 is 10.5 Å². The molecule has 0 saturated carbocycles. The number of likely N-dealkylation sites (tertiary alicyclic amines) is 1. The Morgan fingerprint density at radius 2 is 2.21 bits per heavy atom. The summed E-state index contributed by atoms with van der Waals surface area (Å²) in [5.74, 6) is 0.876. The molecule has 19 heavy (non-hydrogen) atoms. The minimum absolute atomic E-state index is 0.0227. The van der Waals surface area contributed by atoms with Crippen LogP contribution in [0.3, 0.4) is 0 Å². The molecule has 4 nitrogen and oxygen atoms in total. The molecular weight excluding hydrogens is 240 g/mol. The van der Waals surface area contributed by atoms with Gasteiger partial charge in [0.25, 0.3) is 0 Å². The van der Waals surface area contributed by atoms with Gasteiger partial charge in [0.1, 0.15) is 5.75 Å². The topological polar surface area (TPSA) is 47.7 Å². The lowest BCUT2D eigenvalue weighted by molar-refractivity contribution is 0.107. The molecular formula is C15H24N2O2. The van der Waals surface area contributed by atoms with Crippen molar-refractivity contribution >= 4 is 0 Å². The van der Waals surface area contributed by atoms with E-state index in [-0.39, 0.29) is 6.04 Å². The molecule has 2 rings (SSSR count). The first kappa shape index (κ1) is 14.3. The molecule has 0 spiro atoms. The van der Waals surface area contributed by atoms with E-state index in [2.05, 4.69) is 17.9 Å². The molecule has 0 aromatic heterocycles. The van der Waals surface area contributed by atoms with Gasteiger partial charge in [-0.3, -0.25) is 4.90 Å². The maximum absolute atomic E-state index is 6.34. The summed E-state index contributed by atoms with van der Waals surface area (Å²) in [6, 6.07) is 6.14. The average Bonchev–Trinajstić information content (AvgIpc) is 2.86. The Morgan fingerprint density at radius 1 is 1.42 bits per heavy atom. The zero-order valence-electron chi connectivity index (χ0n) is 12.1. The predicted octanol–water partition coefficient (Wildman–Crippen LogP) is 1.72. The number of rotatable bonds is 5. The smallest absolute Gasteiger partial charge is 0.123 e. The SMILES string of the molecule is COc1ccc(C)cc1C(N)CN1CCC(OC)C1. The van der Waals surface area contributed by atoms with Gasteiger partial charge >= 0.3 is 0 Å². The Labute approximate surface area is 115 Å². The van der Waals surface area contributed by atoms with Crippen molar-refractivity contribution in [1.29, 1.82) is 0 Å². The number of aryl methyl sites for hydroxylation is 1. The molecule has 1 aliphatic heterocycles. The van der Waals surface area contributed by atoms with Gasteiger partial charge in [-0.2, -0.15) is 0 Å². The van der Waals surface area contributed by atoms with E-state index in [9.17, 15) is 0 Å². The van der Waals surface area contributed by atoms with Crippen molar-refractivity contribution in [2.75, 3.05) is 33.9 Å². The van der Waals surface area contributed by atoms with Crippen LogP contribution in [0.2, 0.25) is 0 Å². The summed E-state index contributed by atoms with van der Waals surface area (Å²) in [5.41, 5.74) is 8.64. The highest BCUT2D eigenvalue weighted by Crippen LogP contribution is 2.26. The molecule has 1 heterocycles. The fourth-order valence-corrected chi connectivity index (χ4v) is 2.68. The number of hydrogen-bond acceptors (Lipinski definition) is 4. The van der Waals surface area contributed by atoms with E-state index in [0.717, 1.165) is 37.4 Å². The highest BCUT2D eigenvalue weighted by Gasteiger charge is 2.24. The van der Waals surface area contributed by atoms with Crippen molar-refractivity contribution in [2.45, 2.75) is 25.5 Å². The normalized spacial score (nSPS) is 21.6. The van der Waals surface area contributed by atoms with E-state index in [0.29, 0.717) is 6.10 Å². The first-order valence-electron chi connectivity index (χ1n) is 6.79. The lowest BCUT2D eigenvalue weighted by Crippen LogP contribution is -2.31. The van der Waals surface area contributed by atoms with Gasteiger partial charge in [-0.05, 0) is 19.4 Å². The molecule has 2 N–H and O–H groups in total. The Balaban J connectivity index is 2.03. The number of ether oxygens (including phenoxy) is 2. The number of hydrogen-bond donors (Lipinski definition) is 1. The molecule has 1 aromatic rings. The fourth-order valence-electron chi connectivity index (χ4n) is 2.68. The fraction of sp³-hybridized carbons (Fsp3) is 0.600. The lowest BCUT2D eigenvalue weighted by atomic mass is 10.0.